The lowest BCUT2D eigenvalue weighted by molar-refractivity contribution is -0.136. The van der Waals surface area contributed by atoms with E-state index in [4.69, 9.17) is 5.73 Å². The lowest BCUT2D eigenvalue weighted by atomic mass is 10.0. The minimum Gasteiger partial charge on any atom is -0.324 e. The first-order valence-electron chi connectivity index (χ1n) is 4.57. The second-order valence-corrected chi connectivity index (χ2v) is 3.40. The molecular formula is C10H11ClF5N. The lowest BCUT2D eigenvalue weighted by Gasteiger charge is -2.14. The predicted octanol–water partition coefficient (Wildman–Crippen LogP) is 3.73. The average Bonchev–Trinajstić information content (AvgIpc) is 2.13. The van der Waals surface area contributed by atoms with Crippen molar-refractivity contribution < 1.29 is 22.0 Å². The summed E-state index contributed by atoms with van der Waals surface area (Å²) in [7, 11) is 0. The molecule has 0 saturated heterocycles. The molecule has 0 amide bonds. The first kappa shape index (κ1) is 16.1. The van der Waals surface area contributed by atoms with Gasteiger partial charge < -0.3 is 5.73 Å². The molecule has 0 aliphatic rings. The van der Waals surface area contributed by atoms with Crippen LogP contribution in [0.4, 0.5) is 22.0 Å². The summed E-state index contributed by atoms with van der Waals surface area (Å²) in [4.78, 5) is 0. The molecule has 0 unspecified atom stereocenters. The topological polar surface area (TPSA) is 26.0 Å². The molecule has 0 saturated carbocycles. The van der Waals surface area contributed by atoms with Gasteiger partial charge in [0.25, 0.3) is 0 Å². The van der Waals surface area contributed by atoms with Crippen LogP contribution < -0.4 is 5.73 Å². The number of hydrogen-bond acceptors (Lipinski definition) is 1. The summed E-state index contributed by atoms with van der Waals surface area (Å²) in [6.45, 7) is 0. The van der Waals surface area contributed by atoms with Crippen LogP contribution in [-0.4, -0.2) is 6.18 Å². The monoisotopic (exact) mass is 275 g/mol. The van der Waals surface area contributed by atoms with Gasteiger partial charge in [0, 0.05) is 18.0 Å². The van der Waals surface area contributed by atoms with Gasteiger partial charge in [0.1, 0.15) is 11.6 Å². The van der Waals surface area contributed by atoms with Crippen LogP contribution in [0.5, 0.6) is 0 Å². The van der Waals surface area contributed by atoms with Crippen molar-refractivity contribution in [2.24, 2.45) is 5.73 Å². The minimum atomic E-state index is -4.38. The number of rotatable bonds is 3. The van der Waals surface area contributed by atoms with Crippen molar-refractivity contribution in [2.45, 2.75) is 25.1 Å². The number of benzene rings is 1. The number of halogens is 6. The van der Waals surface area contributed by atoms with Crippen LogP contribution in [0.2, 0.25) is 0 Å². The van der Waals surface area contributed by atoms with E-state index in [1.54, 1.807) is 0 Å². The van der Waals surface area contributed by atoms with Gasteiger partial charge in [0.2, 0.25) is 0 Å². The number of alkyl halides is 3. The van der Waals surface area contributed by atoms with Crippen LogP contribution in [-0.2, 0) is 0 Å². The van der Waals surface area contributed by atoms with Crippen molar-refractivity contribution in [1.82, 2.24) is 0 Å². The minimum absolute atomic E-state index is 0. The van der Waals surface area contributed by atoms with Crippen molar-refractivity contribution in [3.05, 3.63) is 35.4 Å². The van der Waals surface area contributed by atoms with Crippen molar-refractivity contribution in [2.75, 3.05) is 0 Å². The molecule has 17 heavy (non-hydrogen) atoms. The lowest BCUT2D eigenvalue weighted by Crippen LogP contribution is -2.18. The van der Waals surface area contributed by atoms with Crippen LogP contribution in [0.15, 0.2) is 18.2 Å². The van der Waals surface area contributed by atoms with E-state index in [2.05, 4.69) is 0 Å². The third-order valence-corrected chi connectivity index (χ3v) is 2.11. The van der Waals surface area contributed by atoms with Crippen LogP contribution in [0, 0.1) is 11.6 Å². The molecule has 7 heteroatoms. The van der Waals surface area contributed by atoms with Crippen LogP contribution in [0.25, 0.3) is 0 Å². The normalized spacial score (nSPS) is 13.1. The fourth-order valence-electron chi connectivity index (χ4n) is 1.33. The highest BCUT2D eigenvalue weighted by Crippen LogP contribution is 2.28. The molecule has 0 aromatic heterocycles. The van der Waals surface area contributed by atoms with Gasteiger partial charge in [-0.1, -0.05) is 6.07 Å². The summed E-state index contributed by atoms with van der Waals surface area (Å²) >= 11 is 0. The van der Waals surface area contributed by atoms with Gasteiger partial charge in [-0.2, -0.15) is 13.2 Å². The Morgan fingerprint density at radius 1 is 1.12 bits per heavy atom. The molecular weight excluding hydrogens is 265 g/mol. The summed E-state index contributed by atoms with van der Waals surface area (Å²) < 4.78 is 61.9. The summed E-state index contributed by atoms with van der Waals surface area (Å²) in [5, 5.41) is 0. The molecule has 1 aromatic carbocycles. The van der Waals surface area contributed by atoms with E-state index in [1.807, 2.05) is 0 Å². The van der Waals surface area contributed by atoms with E-state index in [9.17, 15) is 22.0 Å². The quantitative estimate of drug-likeness (QED) is 0.836. The number of hydrogen-bond donors (Lipinski definition) is 1. The van der Waals surface area contributed by atoms with Crippen molar-refractivity contribution >= 4 is 12.4 Å². The molecule has 0 aliphatic carbocycles. The maximum absolute atomic E-state index is 13.1. The first-order valence-corrected chi connectivity index (χ1v) is 4.57. The Hall–Kier alpha value is -0.880. The van der Waals surface area contributed by atoms with Gasteiger partial charge in [-0.3, -0.25) is 0 Å². The van der Waals surface area contributed by atoms with Gasteiger partial charge in [-0.05, 0) is 18.6 Å². The Kier molecular flexibility index (Phi) is 5.84. The third-order valence-electron chi connectivity index (χ3n) is 2.11. The Morgan fingerprint density at radius 3 is 2.00 bits per heavy atom. The molecule has 0 fully saturated rings. The molecule has 1 nitrogen and oxygen atoms in total. The van der Waals surface area contributed by atoms with Gasteiger partial charge in [0.15, 0.2) is 0 Å². The molecule has 0 radical (unpaired) electrons. The van der Waals surface area contributed by atoms with Crippen molar-refractivity contribution in [3.8, 4) is 0 Å². The molecule has 0 bridgehead atoms. The summed E-state index contributed by atoms with van der Waals surface area (Å²) in [5.74, 6) is -1.84. The maximum atomic E-state index is 13.1. The summed E-state index contributed by atoms with van der Waals surface area (Å²) in [6, 6.07) is 1.77. The zero-order valence-electron chi connectivity index (χ0n) is 8.60. The van der Waals surface area contributed by atoms with Crippen LogP contribution >= 0.6 is 12.4 Å². The fourth-order valence-corrected chi connectivity index (χ4v) is 1.33. The molecule has 1 atom stereocenters. The predicted molar refractivity (Wildman–Crippen MR) is 55.8 cm³/mol. The highest BCUT2D eigenvalue weighted by atomic mass is 35.5. The zero-order valence-corrected chi connectivity index (χ0v) is 9.42. The second-order valence-electron chi connectivity index (χ2n) is 3.40. The van der Waals surface area contributed by atoms with Crippen LogP contribution in [0.1, 0.15) is 24.4 Å². The Balaban J connectivity index is 0.00000256. The van der Waals surface area contributed by atoms with E-state index < -0.39 is 42.3 Å². The van der Waals surface area contributed by atoms with E-state index in [0.29, 0.717) is 0 Å². The highest BCUT2D eigenvalue weighted by molar-refractivity contribution is 5.85. The van der Waals surface area contributed by atoms with E-state index in [1.165, 1.54) is 0 Å². The largest absolute Gasteiger partial charge is 0.389 e. The molecule has 0 aliphatic heterocycles. The average molecular weight is 276 g/mol. The van der Waals surface area contributed by atoms with Gasteiger partial charge >= 0.3 is 6.18 Å². The Morgan fingerprint density at radius 2 is 1.59 bits per heavy atom. The van der Waals surface area contributed by atoms with E-state index in [0.717, 1.165) is 18.2 Å². The molecule has 2 N–H and O–H groups in total. The van der Waals surface area contributed by atoms with Gasteiger partial charge in [-0.25, -0.2) is 8.78 Å². The zero-order chi connectivity index (χ0) is 12.3. The van der Waals surface area contributed by atoms with E-state index in [-0.39, 0.29) is 12.4 Å². The van der Waals surface area contributed by atoms with Gasteiger partial charge in [0.05, 0.1) is 0 Å². The molecule has 0 spiro atoms. The number of nitrogens with two attached hydrogens (primary N) is 1. The fraction of sp³-hybridized carbons (Fsp3) is 0.400. The second kappa shape index (κ2) is 6.16. The maximum Gasteiger partial charge on any atom is 0.389 e. The molecule has 98 valence electrons. The smallest absolute Gasteiger partial charge is 0.324 e. The SMILES string of the molecule is Cl.N[C@@H](CCC(F)(F)F)c1c(F)cccc1F. The summed E-state index contributed by atoms with van der Waals surface area (Å²) in [6.07, 6.45) is -6.08. The van der Waals surface area contributed by atoms with E-state index >= 15 is 0 Å². The molecule has 1 rings (SSSR count). The standard InChI is InChI=1S/C10H10F5N.ClH/c11-6-2-1-3-7(12)9(6)8(16)4-5-10(13,14)15;/h1-3,8H,4-5,16H2;1H/t8-;/m0./s1. The Labute approximate surface area is 101 Å². The molecule has 1 aromatic rings. The van der Waals surface area contributed by atoms with Crippen molar-refractivity contribution in [3.63, 3.8) is 0 Å². The Bertz CT molecular complexity index is 346. The van der Waals surface area contributed by atoms with Crippen molar-refractivity contribution in [1.29, 1.82) is 0 Å². The first-order chi connectivity index (χ1) is 7.31. The van der Waals surface area contributed by atoms with Gasteiger partial charge in [-0.15, -0.1) is 12.4 Å². The highest BCUT2D eigenvalue weighted by Gasteiger charge is 2.29. The van der Waals surface area contributed by atoms with Crippen LogP contribution in [0.3, 0.4) is 0 Å². The summed E-state index contributed by atoms with van der Waals surface area (Å²) in [5.41, 5.74) is 4.83. The third kappa shape index (κ3) is 4.87. The molecule has 0 heterocycles.